The highest BCUT2D eigenvalue weighted by molar-refractivity contribution is 7.98. The van der Waals surface area contributed by atoms with Crippen LogP contribution in [0.25, 0.3) is 10.2 Å². The van der Waals surface area contributed by atoms with Crippen molar-refractivity contribution in [2.45, 2.75) is 18.2 Å². The van der Waals surface area contributed by atoms with Gasteiger partial charge in [0.25, 0.3) is 5.91 Å². The fraction of sp³-hybridized carbons (Fsp3) is 0.333. The van der Waals surface area contributed by atoms with E-state index in [0.29, 0.717) is 17.1 Å². The molecule has 4 nitrogen and oxygen atoms in total. The van der Waals surface area contributed by atoms with Crippen LogP contribution in [0.2, 0.25) is 5.02 Å². The molecule has 156 valence electrons. The largest absolute Gasteiger partial charge is 0.309 e. The SMILES string of the molecule is CSc1ccc(C(=O)N(CCCN(C)C)c2nc3c(C)c(Cl)ccc3s2)cc1.Cl. The third kappa shape index (κ3) is 5.64. The Balaban J connectivity index is 0.00000300. The summed E-state index contributed by atoms with van der Waals surface area (Å²) in [5.41, 5.74) is 2.50. The van der Waals surface area contributed by atoms with Crippen molar-refractivity contribution in [3.05, 3.63) is 52.5 Å². The van der Waals surface area contributed by atoms with Crippen LogP contribution in [0.1, 0.15) is 22.3 Å². The standard InChI is InChI=1S/C21H24ClN3OS2.ClH/c1-14-17(22)10-11-18-19(14)23-21(28-18)25(13-5-12-24(2)3)20(26)15-6-8-16(27-4)9-7-15;/h6-11H,5,12-13H2,1-4H3;1H. The lowest BCUT2D eigenvalue weighted by Gasteiger charge is -2.21. The van der Waals surface area contributed by atoms with Gasteiger partial charge in [0.15, 0.2) is 5.13 Å². The Morgan fingerprint density at radius 2 is 1.83 bits per heavy atom. The van der Waals surface area contributed by atoms with Gasteiger partial charge in [0.05, 0.1) is 10.2 Å². The van der Waals surface area contributed by atoms with Crippen LogP contribution < -0.4 is 4.90 Å². The number of aromatic nitrogens is 1. The van der Waals surface area contributed by atoms with Crippen molar-refractivity contribution in [1.29, 1.82) is 0 Å². The Morgan fingerprint density at radius 1 is 1.14 bits per heavy atom. The Kier molecular flexibility index (Phi) is 8.79. The molecule has 1 aromatic heterocycles. The maximum Gasteiger partial charge on any atom is 0.260 e. The van der Waals surface area contributed by atoms with E-state index in [2.05, 4.69) is 4.90 Å². The van der Waals surface area contributed by atoms with Gasteiger partial charge in [-0.2, -0.15) is 0 Å². The molecule has 0 aliphatic rings. The summed E-state index contributed by atoms with van der Waals surface area (Å²) in [6, 6.07) is 11.6. The summed E-state index contributed by atoms with van der Waals surface area (Å²) in [6.07, 6.45) is 2.90. The minimum Gasteiger partial charge on any atom is -0.309 e. The van der Waals surface area contributed by atoms with Gasteiger partial charge in [-0.1, -0.05) is 22.9 Å². The minimum atomic E-state index is -0.0192. The third-order valence-electron chi connectivity index (χ3n) is 4.54. The summed E-state index contributed by atoms with van der Waals surface area (Å²) in [7, 11) is 4.08. The van der Waals surface area contributed by atoms with Gasteiger partial charge in [0, 0.05) is 22.0 Å². The molecule has 1 heterocycles. The fourth-order valence-electron chi connectivity index (χ4n) is 2.92. The molecule has 0 spiro atoms. The van der Waals surface area contributed by atoms with Gasteiger partial charge in [-0.15, -0.1) is 24.2 Å². The zero-order valence-corrected chi connectivity index (χ0v) is 20.1. The molecular formula is C21H25Cl2N3OS2. The normalized spacial score (nSPS) is 11.0. The summed E-state index contributed by atoms with van der Waals surface area (Å²) in [4.78, 5) is 23.1. The molecule has 0 saturated heterocycles. The molecule has 29 heavy (non-hydrogen) atoms. The van der Waals surface area contributed by atoms with E-state index in [-0.39, 0.29) is 18.3 Å². The van der Waals surface area contributed by atoms with Crippen LogP contribution in [0, 0.1) is 6.92 Å². The lowest BCUT2D eigenvalue weighted by molar-refractivity contribution is 0.0986. The summed E-state index contributed by atoms with van der Waals surface area (Å²) < 4.78 is 1.04. The highest BCUT2D eigenvalue weighted by atomic mass is 35.5. The van der Waals surface area contributed by atoms with Gasteiger partial charge in [-0.05, 0) is 82.2 Å². The number of aryl methyl sites for hydroxylation is 1. The van der Waals surface area contributed by atoms with Gasteiger partial charge in [0.1, 0.15) is 0 Å². The lowest BCUT2D eigenvalue weighted by Crippen LogP contribution is -2.33. The maximum atomic E-state index is 13.3. The first-order chi connectivity index (χ1) is 13.4. The number of carbonyl (C=O) groups excluding carboxylic acids is 1. The molecule has 3 aromatic rings. The molecule has 0 aliphatic carbocycles. The van der Waals surface area contributed by atoms with Crippen molar-refractivity contribution in [1.82, 2.24) is 9.88 Å². The van der Waals surface area contributed by atoms with E-state index in [1.165, 1.54) is 11.3 Å². The van der Waals surface area contributed by atoms with Gasteiger partial charge < -0.3 is 4.90 Å². The number of halogens is 2. The minimum absolute atomic E-state index is 0. The van der Waals surface area contributed by atoms with Crippen molar-refractivity contribution in [2.24, 2.45) is 0 Å². The average molecular weight is 470 g/mol. The molecule has 0 atom stereocenters. The van der Waals surface area contributed by atoms with E-state index in [9.17, 15) is 4.79 Å². The van der Waals surface area contributed by atoms with Gasteiger partial charge in [0.2, 0.25) is 0 Å². The van der Waals surface area contributed by atoms with Crippen molar-refractivity contribution in [3.63, 3.8) is 0 Å². The van der Waals surface area contributed by atoms with E-state index in [1.54, 1.807) is 16.7 Å². The smallest absolute Gasteiger partial charge is 0.260 e. The second kappa shape index (κ2) is 10.6. The Hall–Kier alpha value is -1.31. The summed E-state index contributed by atoms with van der Waals surface area (Å²) >= 11 is 9.46. The second-order valence-corrected chi connectivity index (χ2v) is 9.15. The van der Waals surface area contributed by atoms with E-state index in [4.69, 9.17) is 16.6 Å². The van der Waals surface area contributed by atoms with Crippen molar-refractivity contribution in [3.8, 4) is 0 Å². The van der Waals surface area contributed by atoms with Crippen LogP contribution in [0.3, 0.4) is 0 Å². The highest BCUT2D eigenvalue weighted by Gasteiger charge is 2.22. The number of hydrogen-bond acceptors (Lipinski definition) is 5. The fourth-order valence-corrected chi connectivity index (χ4v) is 4.53. The molecule has 0 unspecified atom stereocenters. The molecule has 0 saturated carbocycles. The van der Waals surface area contributed by atoms with Crippen molar-refractivity contribution < 1.29 is 4.79 Å². The molecule has 8 heteroatoms. The predicted octanol–water partition coefficient (Wildman–Crippen LogP) is 6.00. The molecular weight excluding hydrogens is 445 g/mol. The van der Waals surface area contributed by atoms with Crippen molar-refractivity contribution in [2.75, 3.05) is 38.3 Å². The molecule has 0 radical (unpaired) electrons. The number of thiazole rings is 1. The van der Waals surface area contributed by atoms with E-state index < -0.39 is 0 Å². The number of nitrogens with zero attached hydrogens (tertiary/aromatic N) is 3. The molecule has 2 aromatic carbocycles. The number of carbonyl (C=O) groups is 1. The highest BCUT2D eigenvalue weighted by Crippen LogP contribution is 2.34. The van der Waals surface area contributed by atoms with Crippen LogP contribution in [0.4, 0.5) is 5.13 Å². The molecule has 0 fully saturated rings. The Labute approximate surface area is 191 Å². The number of thioether (sulfide) groups is 1. The van der Waals surface area contributed by atoms with Crippen LogP contribution >= 0.6 is 47.1 Å². The first kappa shape index (κ1) is 24.0. The zero-order valence-electron chi connectivity index (χ0n) is 16.9. The first-order valence-electron chi connectivity index (χ1n) is 9.07. The summed E-state index contributed by atoms with van der Waals surface area (Å²) in [5.74, 6) is -0.0192. The van der Waals surface area contributed by atoms with E-state index in [1.807, 2.05) is 63.7 Å². The third-order valence-corrected chi connectivity index (χ3v) is 6.73. The zero-order chi connectivity index (χ0) is 20.3. The molecule has 3 rings (SSSR count). The number of rotatable bonds is 7. The maximum absolute atomic E-state index is 13.3. The lowest BCUT2D eigenvalue weighted by atomic mass is 10.2. The summed E-state index contributed by atoms with van der Waals surface area (Å²) in [6.45, 7) is 3.49. The number of benzene rings is 2. The molecule has 1 amide bonds. The topological polar surface area (TPSA) is 36.4 Å². The second-order valence-electron chi connectivity index (χ2n) is 6.86. The molecule has 0 aliphatic heterocycles. The van der Waals surface area contributed by atoms with Gasteiger partial charge in [-0.25, -0.2) is 4.98 Å². The summed E-state index contributed by atoms with van der Waals surface area (Å²) in [5, 5.41) is 1.42. The first-order valence-corrected chi connectivity index (χ1v) is 11.5. The number of anilines is 1. The van der Waals surface area contributed by atoms with Crippen molar-refractivity contribution >= 4 is 68.4 Å². The van der Waals surface area contributed by atoms with E-state index in [0.717, 1.165) is 38.8 Å². The Bertz CT molecular complexity index is 974. The van der Waals surface area contributed by atoms with Crippen LogP contribution in [0.5, 0.6) is 0 Å². The predicted molar refractivity (Wildman–Crippen MR) is 130 cm³/mol. The van der Waals surface area contributed by atoms with Crippen LogP contribution in [-0.4, -0.2) is 49.2 Å². The quantitative estimate of drug-likeness (QED) is 0.397. The average Bonchev–Trinajstić information content (AvgIpc) is 3.12. The van der Waals surface area contributed by atoms with Crippen LogP contribution in [0.15, 0.2) is 41.3 Å². The Morgan fingerprint density at radius 3 is 2.45 bits per heavy atom. The van der Waals surface area contributed by atoms with Gasteiger partial charge >= 0.3 is 0 Å². The number of hydrogen-bond donors (Lipinski definition) is 0. The van der Waals surface area contributed by atoms with Gasteiger partial charge in [-0.3, -0.25) is 9.69 Å². The monoisotopic (exact) mass is 469 g/mol. The molecule has 0 N–H and O–H groups in total. The number of fused-ring (bicyclic) bond motifs is 1. The van der Waals surface area contributed by atoms with E-state index >= 15 is 0 Å². The van der Waals surface area contributed by atoms with Crippen LogP contribution in [-0.2, 0) is 0 Å². The number of amides is 1. The molecule has 0 bridgehead atoms.